The highest BCUT2D eigenvalue weighted by molar-refractivity contribution is 7.89. The van der Waals surface area contributed by atoms with Crippen molar-refractivity contribution in [3.05, 3.63) is 64.7 Å². The summed E-state index contributed by atoms with van der Waals surface area (Å²) in [5.41, 5.74) is 1.44. The molecule has 10 heteroatoms. The van der Waals surface area contributed by atoms with Crippen LogP contribution in [-0.2, 0) is 27.7 Å². The zero-order chi connectivity index (χ0) is 23.2. The van der Waals surface area contributed by atoms with Gasteiger partial charge in [-0.3, -0.25) is 9.69 Å². The van der Waals surface area contributed by atoms with Gasteiger partial charge in [0.05, 0.1) is 11.6 Å². The van der Waals surface area contributed by atoms with Crippen molar-refractivity contribution in [1.29, 1.82) is 0 Å². The highest BCUT2D eigenvalue weighted by atomic mass is 35.5. The van der Waals surface area contributed by atoms with Crippen LogP contribution in [0, 0.1) is 0 Å². The van der Waals surface area contributed by atoms with Crippen LogP contribution in [0.2, 0.25) is 5.02 Å². The molecule has 0 radical (unpaired) electrons. The Hall–Kier alpha value is -2.46. The lowest BCUT2D eigenvalue weighted by atomic mass is 9.78. The number of nitrogens with one attached hydrogen (secondary N) is 1. The molecule has 0 bridgehead atoms. The number of sulfonamides is 1. The number of hydrogen-bond acceptors (Lipinski definition) is 5. The fourth-order valence-corrected chi connectivity index (χ4v) is 6.44. The average Bonchev–Trinajstić information content (AvgIpc) is 3.03. The van der Waals surface area contributed by atoms with Crippen molar-refractivity contribution in [2.24, 2.45) is 0 Å². The van der Waals surface area contributed by atoms with Gasteiger partial charge in [0.15, 0.2) is 0 Å². The number of hydrogen-bond donors (Lipinski definition) is 1. The summed E-state index contributed by atoms with van der Waals surface area (Å²) in [5.74, 6) is -0.196. The smallest absolute Gasteiger partial charge is 0.323 e. The maximum atomic E-state index is 13.3. The molecule has 2 aromatic rings. The summed E-state index contributed by atoms with van der Waals surface area (Å²) in [4.78, 5) is 29.5. The van der Waals surface area contributed by atoms with Gasteiger partial charge in [-0.2, -0.15) is 4.31 Å². The van der Waals surface area contributed by atoms with E-state index in [-0.39, 0.29) is 36.6 Å². The molecule has 3 amide bonds. The van der Waals surface area contributed by atoms with Crippen molar-refractivity contribution < 1.29 is 18.0 Å². The molecule has 0 saturated carbocycles. The average molecular weight is 489 g/mol. The van der Waals surface area contributed by atoms with E-state index in [2.05, 4.69) is 11.4 Å². The summed E-state index contributed by atoms with van der Waals surface area (Å²) in [6, 6.07) is 13.8. The van der Waals surface area contributed by atoms with E-state index in [1.165, 1.54) is 26.9 Å². The van der Waals surface area contributed by atoms with Gasteiger partial charge in [0.2, 0.25) is 10.0 Å². The van der Waals surface area contributed by atoms with Crippen molar-refractivity contribution in [3.8, 4) is 0 Å². The van der Waals surface area contributed by atoms with Crippen LogP contribution in [0.5, 0.6) is 0 Å². The molecule has 2 aromatic carbocycles. The first-order chi connectivity index (χ1) is 15.8. The number of imide groups is 1. The predicted molar refractivity (Wildman–Crippen MR) is 123 cm³/mol. The predicted octanol–water partition coefficient (Wildman–Crippen LogP) is 2.08. The van der Waals surface area contributed by atoms with Crippen LogP contribution < -0.4 is 5.32 Å². The molecular formula is C23H25ClN4O4S. The molecule has 1 N–H and O–H groups in total. The van der Waals surface area contributed by atoms with Crippen LogP contribution in [-0.4, -0.2) is 72.8 Å². The maximum absolute atomic E-state index is 13.3. The number of nitrogens with zero attached hydrogens (tertiary/aromatic N) is 3. The zero-order valence-corrected chi connectivity index (χ0v) is 19.6. The maximum Gasteiger partial charge on any atom is 0.326 e. The number of carbonyl (C=O) groups excluding carboxylic acids is 2. The van der Waals surface area contributed by atoms with Crippen molar-refractivity contribution >= 4 is 33.6 Å². The standard InChI is InChI=1S/C23H25ClN4O4S/c24-19-5-7-20(8-6-19)33(31,32)27-13-11-26(12-14-27)16-28-21(29)23(25-22(28)30)10-9-17-3-1-2-4-18(17)15-23/h1-8H,9-16H2,(H,25,30). The number of halogens is 1. The monoisotopic (exact) mass is 488 g/mol. The van der Waals surface area contributed by atoms with Gasteiger partial charge in [0, 0.05) is 37.6 Å². The van der Waals surface area contributed by atoms with E-state index in [4.69, 9.17) is 11.6 Å². The van der Waals surface area contributed by atoms with Gasteiger partial charge in [0.1, 0.15) is 5.54 Å². The Bertz CT molecular complexity index is 1200. The number of aryl methyl sites for hydroxylation is 1. The van der Waals surface area contributed by atoms with Crippen LogP contribution >= 0.6 is 11.6 Å². The molecule has 0 aromatic heterocycles. The van der Waals surface area contributed by atoms with Gasteiger partial charge in [-0.25, -0.2) is 18.1 Å². The van der Waals surface area contributed by atoms with Gasteiger partial charge in [-0.05, 0) is 48.2 Å². The molecule has 1 atom stereocenters. The number of benzene rings is 2. The first kappa shape index (κ1) is 22.3. The Kier molecular flexibility index (Phi) is 5.68. The second-order valence-corrected chi connectivity index (χ2v) is 11.2. The van der Waals surface area contributed by atoms with Crippen molar-refractivity contribution in [2.75, 3.05) is 32.8 Å². The number of rotatable bonds is 4. The Morgan fingerprint density at radius 1 is 0.939 bits per heavy atom. The summed E-state index contributed by atoms with van der Waals surface area (Å²) >= 11 is 5.87. The van der Waals surface area contributed by atoms with E-state index >= 15 is 0 Å². The van der Waals surface area contributed by atoms with Crippen LogP contribution in [0.1, 0.15) is 17.5 Å². The topological polar surface area (TPSA) is 90.0 Å². The fraction of sp³-hybridized carbons (Fsp3) is 0.391. The molecule has 1 unspecified atom stereocenters. The Morgan fingerprint density at radius 3 is 2.30 bits per heavy atom. The summed E-state index contributed by atoms with van der Waals surface area (Å²) < 4.78 is 27.2. The molecule has 2 saturated heterocycles. The highest BCUT2D eigenvalue weighted by Crippen LogP contribution is 2.33. The second-order valence-electron chi connectivity index (χ2n) is 8.81. The van der Waals surface area contributed by atoms with Gasteiger partial charge in [-0.15, -0.1) is 0 Å². The molecule has 1 spiro atoms. The molecule has 2 aliphatic heterocycles. The summed E-state index contributed by atoms with van der Waals surface area (Å²) in [5, 5.41) is 3.43. The summed E-state index contributed by atoms with van der Waals surface area (Å²) in [6.45, 7) is 1.59. The second kappa shape index (κ2) is 8.39. The summed E-state index contributed by atoms with van der Waals surface area (Å²) in [7, 11) is -3.61. The van der Waals surface area contributed by atoms with E-state index < -0.39 is 15.6 Å². The molecular weight excluding hydrogens is 464 g/mol. The van der Waals surface area contributed by atoms with Crippen LogP contribution in [0.4, 0.5) is 4.79 Å². The number of amides is 3. The normalized spacial score (nSPS) is 24.2. The summed E-state index contributed by atoms with van der Waals surface area (Å²) in [6.07, 6.45) is 1.83. The minimum atomic E-state index is -3.61. The first-order valence-electron chi connectivity index (χ1n) is 11.0. The number of fused-ring (bicyclic) bond motifs is 1. The van der Waals surface area contributed by atoms with Gasteiger partial charge in [0.25, 0.3) is 5.91 Å². The molecule has 33 heavy (non-hydrogen) atoms. The lowest BCUT2D eigenvalue weighted by molar-refractivity contribution is -0.133. The van der Waals surface area contributed by atoms with E-state index in [1.807, 2.05) is 23.1 Å². The third-order valence-electron chi connectivity index (χ3n) is 6.80. The quantitative estimate of drug-likeness (QED) is 0.665. The van der Waals surface area contributed by atoms with Crippen LogP contribution in [0.25, 0.3) is 0 Å². The zero-order valence-electron chi connectivity index (χ0n) is 18.0. The molecule has 174 valence electrons. The number of urea groups is 1. The van der Waals surface area contributed by atoms with Crippen LogP contribution in [0.3, 0.4) is 0 Å². The molecule has 3 aliphatic rings. The molecule has 2 fully saturated rings. The van der Waals surface area contributed by atoms with E-state index in [0.29, 0.717) is 31.0 Å². The number of carbonyl (C=O) groups is 2. The van der Waals surface area contributed by atoms with Crippen LogP contribution in [0.15, 0.2) is 53.4 Å². The minimum Gasteiger partial charge on any atom is -0.323 e. The molecule has 8 nitrogen and oxygen atoms in total. The SMILES string of the molecule is O=C1NC2(CCc3ccccc3C2)C(=O)N1CN1CCN(S(=O)(=O)c2ccc(Cl)cc2)CC1. The molecule has 1 aliphatic carbocycles. The lowest BCUT2D eigenvalue weighted by Crippen LogP contribution is -2.54. The number of piperazine rings is 1. The third kappa shape index (κ3) is 4.03. The Balaban J connectivity index is 1.23. The lowest BCUT2D eigenvalue weighted by Gasteiger charge is -2.36. The largest absolute Gasteiger partial charge is 0.326 e. The van der Waals surface area contributed by atoms with Crippen molar-refractivity contribution in [2.45, 2.75) is 29.7 Å². The molecule has 2 heterocycles. The van der Waals surface area contributed by atoms with Gasteiger partial charge in [-0.1, -0.05) is 35.9 Å². The van der Waals surface area contributed by atoms with E-state index in [0.717, 1.165) is 12.0 Å². The van der Waals surface area contributed by atoms with Gasteiger partial charge >= 0.3 is 6.03 Å². The van der Waals surface area contributed by atoms with Gasteiger partial charge < -0.3 is 5.32 Å². The molecule has 5 rings (SSSR count). The van der Waals surface area contributed by atoms with E-state index in [9.17, 15) is 18.0 Å². The van der Waals surface area contributed by atoms with Crippen molar-refractivity contribution in [1.82, 2.24) is 19.4 Å². The van der Waals surface area contributed by atoms with Crippen molar-refractivity contribution in [3.63, 3.8) is 0 Å². The highest BCUT2D eigenvalue weighted by Gasteiger charge is 2.52. The Morgan fingerprint density at radius 2 is 1.61 bits per heavy atom. The first-order valence-corrected chi connectivity index (χ1v) is 12.8. The Labute approximate surface area is 198 Å². The minimum absolute atomic E-state index is 0.156. The third-order valence-corrected chi connectivity index (χ3v) is 8.97. The fourth-order valence-electron chi connectivity index (χ4n) is 4.90. The van der Waals surface area contributed by atoms with E-state index in [1.54, 1.807) is 12.1 Å².